The number of allylic oxidation sites excluding steroid dienone is 4. The normalized spacial score (nSPS) is 31.3. The molecule has 3 aliphatic rings. The maximum absolute atomic E-state index is 2.49. The van der Waals surface area contributed by atoms with Gasteiger partial charge in [0.05, 0.1) is 0 Å². The van der Waals surface area contributed by atoms with Crippen LogP contribution in [0, 0.1) is 23.7 Å². The van der Waals surface area contributed by atoms with Gasteiger partial charge in [0.2, 0.25) is 0 Å². The van der Waals surface area contributed by atoms with E-state index in [1.165, 1.54) is 75.3 Å². The predicted molar refractivity (Wildman–Crippen MR) is 108 cm³/mol. The Bertz CT molecular complexity index is 607. The summed E-state index contributed by atoms with van der Waals surface area (Å²) in [7, 11) is 0. The zero-order valence-corrected chi connectivity index (χ0v) is 15.9. The van der Waals surface area contributed by atoms with Crippen molar-refractivity contribution in [3.63, 3.8) is 0 Å². The van der Waals surface area contributed by atoms with Crippen LogP contribution in [-0.2, 0) is 0 Å². The van der Waals surface area contributed by atoms with Gasteiger partial charge in [-0.25, -0.2) is 0 Å². The molecule has 0 spiro atoms. The lowest BCUT2D eigenvalue weighted by Crippen LogP contribution is -2.26. The number of rotatable bonds is 3. The van der Waals surface area contributed by atoms with E-state index in [0.717, 1.165) is 23.7 Å². The highest BCUT2D eigenvalue weighted by Gasteiger charge is 2.31. The zero-order chi connectivity index (χ0) is 17.1. The Hall–Kier alpha value is -1.30. The predicted octanol–water partition coefficient (Wildman–Crippen LogP) is 7.42. The van der Waals surface area contributed by atoms with E-state index in [1.807, 2.05) is 0 Å². The van der Waals surface area contributed by atoms with E-state index in [0.29, 0.717) is 0 Å². The molecule has 0 aliphatic heterocycles. The Balaban J connectivity index is 1.39. The molecule has 1 aromatic rings. The van der Waals surface area contributed by atoms with Gasteiger partial charge in [-0.3, -0.25) is 0 Å². The molecule has 25 heavy (non-hydrogen) atoms. The molecular weight excluding hydrogens is 300 g/mol. The first-order valence-corrected chi connectivity index (χ1v) is 10.8. The average Bonchev–Trinajstić information content (AvgIpc) is 2.69. The molecule has 0 radical (unpaired) electrons. The highest BCUT2D eigenvalue weighted by molar-refractivity contribution is 5.69. The maximum Gasteiger partial charge on any atom is -0.0185 e. The molecule has 2 fully saturated rings. The third kappa shape index (κ3) is 3.94. The standard InChI is InChI=1S/C25H34/c1-19-18-24(21-10-6-3-7-11-21)16-17-25(19)23-14-12-22(13-15-23)20-8-4-2-5-9-20/h3,6-7,10-11,16-17,19-20,22-23H,2,4-5,8-9,12-15,18H2,1H3. The van der Waals surface area contributed by atoms with Crippen molar-refractivity contribution in [1.29, 1.82) is 0 Å². The van der Waals surface area contributed by atoms with E-state index in [4.69, 9.17) is 0 Å². The number of hydrogen-bond donors (Lipinski definition) is 0. The fourth-order valence-electron chi connectivity index (χ4n) is 5.81. The maximum atomic E-state index is 2.49. The van der Waals surface area contributed by atoms with Crippen LogP contribution < -0.4 is 0 Å². The van der Waals surface area contributed by atoms with Gasteiger partial charge in [0.15, 0.2) is 0 Å². The smallest absolute Gasteiger partial charge is 0.0185 e. The third-order valence-electron chi connectivity index (χ3n) is 7.28. The molecule has 0 bridgehead atoms. The molecule has 1 unspecified atom stereocenters. The minimum atomic E-state index is 0.719. The molecule has 0 aromatic heterocycles. The van der Waals surface area contributed by atoms with E-state index in [-0.39, 0.29) is 0 Å². The molecule has 0 heteroatoms. The Morgan fingerprint density at radius 1 is 0.720 bits per heavy atom. The van der Waals surface area contributed by atoms with Gasteiger partial charge in [0.1, 0.15) is 0 Å². The zero-order valence-electron chi connectivity index (χ0n) is 15.9. The van der Waals surface area contributed by atoms with E-state index in [1.54, 1.807) is 5.57 Å². The lowest BCUT2D eigenvalue weighted by atomic mass is 9.67. The third-order valence-corrected chi connectivity index (χ3v) is 7.28. The monoisotopic (exact) mass is 334 g/mol. The van der Waals surface area contributed by atoms with Crippen molar-refractivity contribution in [2.24, 2.45) is 23.7 Å². The average molecular weight is 335 g/mol. The van der Waals surface area contributed by atoms with Crippen LogP contribution in [0.25, 0.3) is 5.57 Å². The first-order valence-electron chi connectivity index (χ1n) is 10.8. The summed E-state index contributed by atoms with van der Waals surface area (Å²) >= 11 is 0. The molecular formula is C25H34. The topological polar surface area (TPSA) is 0 Å². The van der Waals surface area contributed by atoms with Crippen molar-refractivity contribution < 1.29 is 0 Å². The van der Waals surface area contributed by atoms with Gasteiger partial charge in [-0.1, -0.05) is 87.1 Å². The molecule has 134 valence electrons. The van der Waals surface area contributed by atoms with Crippen molar-refractivity contribution in [3.05, 3.63) is 53.6 Å². The van der Waals surface area contributed by atoms with Gasteiger partial charge in [0.25, 0.3) is 0 Å². The van der Waals surface area contributed by atoms with Gasteiger partial charge < -0.3 is 0 Å². The molecule has 0 saturated heterocycles. The van der Waals surface area contributed by atoms with Crippen LogP contribution >= 0.6 is 0 Å². The summed E-state index contributed by atoms with van der Waals surface area (Å²) < 4.78 is 0. The minimum absolute atomic E-state index is 0.719. The first kappa shape index (κ1) is 17.1. The van der Waals surface area contributed by atoms with Crippen LogP contribution in [0.3, 0.4) is 0 Å². The summed E-state index contributed by atoms with van der Waals surface area (Å²) in [5.74, 6) is 3.70. The molecule has 1 atom stereocenters. The fourth-order valence-corrected chi connectivity index (χ4v) is 5.81. The Morgan fingerprint density at radius 2 is 1.40 bits per heavy atom. The second-order valence-corrected chi connectivity index (χ2v) is 8.84. The second kappa shape index (κ2) is 7.94. The molecule has 4 rings (SSSR count). The van der Waals surface area contributed by atoms with E-state index < -0.39 is 0 Å². The largest absolute Gasteiger partial charge is 0.0639 e. The van der Waals surface area contributed by atoms with Crippen molar-refractivity contribution in [3.8, 4) is 0 Å². The fraction of sp³-hybridized carbons (Fsp3) is 0.600. The number of benzene rings is 1. The van der Waals surface area contributed by atoms with Crippen LogP contribution in [0.2, 0.25) is 0 Å². The highest BCUT2D eigenvalue weighted by atomic mass is 14.4. The Kier molecular flexibility index (Phi) is 5.44. The van der Waals surface area contributed by atoms with Crippen LogP contribution in [0.1, 0.15) is 76.7 Å². The van der Waals surface area contributed by atoms with Gasteiger partial charge in [-0.05, 0) is 66.9 Å². The first-order chi connectivity index (χ1) is 12.3. The summed E-state index contributed by atoms with van der Waals surface area (Å²) in [6.45, 7) is 2.45. The van der Waals surface area contributed by atoms with Crippen molar-refractivity contribution in [2.75, 3.05) is 0 Å². The lowest BCUT2D eigenvalue weighted by molar-refractivity contribution is 0.174. The SMILES string of the molecule is CC1CC(c2ccccc2)=CC=C1C1CCC(C2CCCCC2)CC1. The minimum Gasteiger partial charge on any atom is -0.0639 e. The molecule has 0 nitrogen and oxygen atoms in total. The molecule has 2 saturated carbocycles. The summed E-state index contributed by atoms with van der Waals surface area (Å²) in [4.78, 5) is 0. The van der Waals surface area contributed by atoms with Gasteiger partial charge >= 0.3 is 0 Å². The van der Waals surface area contributed by atoms with Crippen LogP contribution in [0.5, 0.6) is 0 Å². The Morgan fingerprint density at radius 3 is 2.08 bits per heavy atom. The molecule has 3 aliphatic carbocycles. The van der Waals surface area contributed by atoms with E-state index >= 15 is 0 Å². The molecule has 0 N–H and O–H groups in total. The van der Waals surface area contributed by atoms with Crippen LogP contribution in [0.15, 0.2) is 48.1 Å². The van der Waals surface area contributed by atoms with Crippen molar-refractivity contribution in [1.82, 2.24) is 0 Å². The van der Waals surface area contributed by atoms with Crippen molar-refractivity contribution in [2.45, 2.75) is 71.1 Å². The second-order valence-electron chi connectivity index (χ2n) is 8.84. The summed E-state index contributed by atoms with van der Waals surface area (Å²) in [6, 6.07) is 10.9. The van der Waals surface area contributed by atoms with E-state index in [9.17, 15) is 0 Å². The number of hydrogen-bond acceptors (Lipinski definition) is 0. The van der Waals surface area contributed by atoms with Gasteiger partial charge in [0, 0.05) is 0 Å². The van der Waals surface area contributed by atoms with Crippen LogP contribution in [-0.4, -0.2) is 0 Å². The van der Waals surface area contributed by atoms with Gasteiger partial charge in [-0.2, -0.15) is 0 Å². The molecule has 0 heterocycles. The molecule has 1 aromatic carbocycles. The van der Waals surface area contributed by atoms with Crippen LogP contribution in [0.4, 0.5) is 0 Å². The molecule has 0 amide bonds. The summed E-state index contributed by atoms with van der Waals surface area (Å²) in [5.41, 5.74) is 4.68. The van der Waals surface area contributed by atoms with Gasteiger partial charge in [-0.15, -0.1) is 0 Å². The van der Waals surface area contributed by atoms with E-state index in [2.05, 4.69) is 49.4 Å². The lowest BCUT2D eigenvalue weighted by Gasteiger charge is -2.38. The summed E-state index contributed by atoms with van der Waals surface area (Å²) in [5, 5.41) is 0. The highest BCUT2D eigenvalue weighted by Crippen LogP contribution is 2.45. The van der Waals surface area contributed by atoms with Crippen molar-refractivity contribution >= 4 is 5.57 Å². The Labute approximate surface area is 154 Å². The summed E-state index contributed by atoms with van der Waals surface area (Å²) in [6.07, 6.45) is 19.6. The quantitative estimate of drug-likeness (QED) is 0.539.